The summed E-state index contributed by atoms with van der Waals surface area (Å²) in [5.41, 5.74) is 1.86. The highest BCUT2D eigenvalue weighted by Gasteiger charge is 2.41. The number of carboxylic acids is 1. The van der Waals surface area contributed by atoms with Gasteiger partial charge >= 0.3 is 5.97 Å². The van der Waals surface area contributed by atoms with Crippen molar-refractivity contribution in [2.75, 3.05) is 13.2 Å². The third kappa shape index (κ3) is 7.19. The number of aliphatic hydroxyl groups is 1. The zero-order valence-electron chi connectivity index (χ0n) is 20.6. The van der Waals surface area contributed by atoms with E-state index in [0.29, 0.717) is 23.6 Å². The average molecular weight is 504 g/mol. The molecule has 8 heteroatoms. The van der Waals surface area contributed by atoms with Crippen LogP contribution in [0.3, 0.4) is 0 Å². The van der Waals surface area contributed by atoms with Crippen LogP contribution in [0.15, 0.2) is 42.5 Å². The Morgan fingerprint density at radius 2 is 1.89 bits per heavy atom. The number of nitrogens with one attached hydrogen (secondary N) is 1. The van der Waals surface area contributed by atoms with Crippen molar-refractivity contribution < 1.29 is 29.3 Å². The second-order valence-electron chi connectivity index (χ2n) is 10.3. The summed E-state index contributed by atoms with van der Waals surface area (Å²) < 4.78 is 12.2. The van der Waals surface area contributed by atoms with E-state index in [9.17, 15) is 19.8 Å². The molecule has 3 N–H and O–H groups in total. The Balaban J connectivity index is 2.06. The number of rotatable bonds is 8. The summed E-state index contributed by atoms with van der Waals surface area (Å²) in [5, 5.41) is 22.1. The molecule has 1 heterocycles. The molecule has 0 aliphatic carbocycles. The van der Waals surface area contributed by atoms with Crippen molar-refractivity contribution in [3.63, 3.8) is 0 Å². The Labute approximate surface area is 211 Å². The van der Waals surface area contributed by atoms with Crippen molar-refractivity contribution in [2.45, 2.75) is 70.1 Å². The van der Waals surface area contributed by atoms with Crippen LogP contribution in [0.5, 0.6) is 5.75 Å². The van der Waals surface area contributed by atoms with Crippen LogP contribution in [0.1, 0.15) is 75.9 Å². The molecule has 1 aliphatic rings. The van der Waals surface area contributed by atoms with E-state index in [-0.39, 0.29) is 30.5 Å². The fourth-order valence-corrected chi connectivity index (χ4v) is 4.62. The molecule has 7 nitrogen and oxygen atoms in total. The topological polar surface area (TPSA) is 105 Å². The lowest BCUT2D eigenvalue weighted by Gasteiger charge is -2.44. The Kier molecular flexibility index (Phi) is 8.46. The van der Waals surface area contributed by atoms with Gasteiger partial charge in [0, 0.05) is 35.4 Å². The predicted molar refractivity (Wildman–Crippen MR) is 134 cm³/mol. The minimum atomic E-state index is -1.07. The minimum Gasteiger partial charge on any atom is -0.482 e. The Morgan fingerprint density at radius 1 is 1.17 bits per heavy atom. The molecule has 0 bridgehead atoms. The molecule has 0 spiro atoms. The lowest BCUT2D eigenvalue weighted by atomic mass is 9.79. The van der Waals surface area contributed by atoms with E-state index in [4.69, 9.17) is 21.1 Å². The van der Waals surface area contributed by atoms with E-state index in [2.05, 4.69) is 26.1 Å². The molecule has 3 rings (SSSR count). The molecule has 0 saturated carbocycles. The summed E-state index contributed by atoms with van der Waals surface area (Å²) in [4.78, 5) is 23.7. The molecule has 1 amide bonds. The van der Waals surface area contributed by atoms with E-state index in [1.807, 2.05) is 37.3 Å². The summed E-state index contributed by atoms with van der Waals surface area (Å²) in [7, 11) is 0. The summed E-state index contributed by atoms with van der Waals surface area (Å²) in [6.07, 6.45) is 0.0923. The SMILES string of the molecule is CC(C)(C)c1ccc(OCC(=O)O)c([C@H]2C[C@](C)(NC(=O)CCO)C[C@@H](c3cccc(Cl)c3)O2)c1. The van der Waals surface area contributed by atoms with Gasteiger partial charge in [-0.2, -0.15) is 0 Å². The smallest absolute Gasteiger partial charge is 0.341 e. The van der Waals surface area contributed by atoms with Gasteiger partial charge in [0.2, 0.25) is 5.91 Å². The zero-order valence-corrected chi connectivity index (χ0v) is 21.4. The molecular weight excluding hydrogens is 470 g/mol. The highest BCUT2D eigenvalue weighted by Crippen LogP contribution is 2.46. The molecule has 3 atom stereocenters. The Bertz CT molecular complexity index is 1070. The molecule has 1 saturated heterocycles. The van der Waals surface area contributed by atoms with Crippen molar-refractivity contribution in [1.82, 2.24) is 5.32 Å². The van der Waals surface area contributed by atoms with Crippen LogP contribution in [-0.2, 0) is 19.7 Å². The maximum atomic E-state index is 12.5. The molecule has 2 aromatic carbocycles. The molecule has 0 radical (unpaired) electrons. The van der Waals surface area contributed by atoms with E-state index in [1.165, 1.54) is 0 Å². The van der Waals surface area contributed by atoms with Gasteiger partial charge in [-0.05, 0) is 47.7 Å². The second-order valence-corrected chi connectivity index (χ2v) is 10.8. The number of carbonyl (C=O) groups is 2. The minimum absolute atomic E-state index is 0.00935. The first kappa shape index (κ1) is 27.0. The van der Waals surface area contributed by atoms with Gasteiger partial charge in [0.25, 0.3) is 0 Å². The Hall–Kier alpha value is -2.61. The number of hydrogen-bond donors (Lipinski definition) is 3. The molecule has 190 valence electrons. The van der Waals surface area contributed by atoms with Crippen LogP contribution in [-0.4, -0.2) is 40.8 Å². The molecule has 2 aromatic rings. The first-order valence-corrected chi connectivity index (χ1v) is 12.1. The molecular formula is C27H34ClNO6. The van der Waals surface area contributed by atoms with Crippen molar-refractivity contribution in [1.29, 1.82) is 0 Å². The number of carboxylic acid groups (broad SMARTS) is 1. The predicted octanol–water partition coefficient (Wildman–Crippen LogP) is 4.95. The fourth-order valence-electron chi connectivity index (χ4n) is 4.42. The number of benzene rings is 2. The van der Waals surface area contributed by atoms with Gasteiger partial charge in [0.05, 0.1) is 18.8 Å². The maximum absolute atomic E-state index is 12.5. The molecule has 1 fully saturated rings. The fraction of sp³-hybridized carbons (Fsp3) is 0.481. The van der Waals surface area contributed by atoms with Gasteiger partial charge in [0.1, 0.15) is 5.75 Å². The first-order chi connectivity index (χ1) is 16.4. The Morgan fingerprint density at radius 3 is 2.51 bits per heavy atom. The van der Waals surface area contributed by atoms with Crippen LogP contribution in [0.4, 0.5) is 0 Å². The van der Waals surface area contributed by atoms with Crippen LogP contribution >= 0.6 is 11.6 Å². The number of ether oxygens (including phenoxy) is 2. The summed E-state index contributed by atoms with van der Waals surface area (Å²) in [6, 6.07) is 13.1. The zero-order chi connectivity index (χ0) is 25.8. The summed E-state index contributed by atoms with van der Waals surface area (Å²) >= 11 is 6.25. The third-order valence-electron chi connectivity index (χ3n) is 6.17. The van der Waals surface area contributed by atoms with Crippen molar-refractivity contribution in [2.24, 2.45) is 0 Å². The van der Waals surface area contributed by atoms with Crippen molar-refractivity contribution >= 4 is 23.5 Å². The number of halogens is 1. The number of hydrogen-bond acceptors (Lipinski definition) is 5. The maximum Gasteiger partial charge on any atom is 0.341 e. The molecule has 0 aromatic heterocycles. The normalized spacial score (nSPS) is 22.5. The second kappa shape index (κ2) is 11.0. The molecule has 1 aliphatic heterocycles. The summed E-state index contributed by atoms with van der Waals surface area (Å²) in [6.45, 7) is 7.54. The summed E-state index contributed by atoms with van der Waals surface area (Å²) in [5.74, 6) is -0.884. The average Bonchev–Trinajstić information content (AvgIpc) is 2.76. The highest BCUT2D eigenvalue weighted by atomic mass is 35.5. The van der Waals surface area contributed by atoms with Gasteiger partial charge < -0.3 is 25.0 Å². The van der Waals surface area contributed by atoms with Crippen LogP contribution in [0.2, 0.25) is 5.02 Å². The van der Waals surface area contributed by atoms with Gasteiger partial charge in [0.15, 0.2) is 6.61 Å². The quantitative estimate of drug-likeness (QED) is 0.470. The van der Waals surface area contributed by atoms with Gasteiger partial charge in [-0.1, -0.05) is 50.6 Å². The largest absolute Gasteiger partial charge is 0.482 e. The standard InChI is InChI=1S/C27H34ClNO6/c1-26(2,3)18-8-9-21(34-16-25(32)33)20(13-18)23-15-27(4,29-24(31)10-11-30)14-22(35-23)17-6-5-7-19(28)12-17/h5-9,12-13,22-23,30H,10-11,14-16H2,1-4H3,(H,29,31)(H,32,33)/t22-,23+,27+/m0/s1. The number of aliphatic hydroxyl groups excluding tert-OH is 1. The first-order valence-electron chi connectivity index (χ1n) is 11.7. The number of amides is 1. The van der Waals surface area contributed by atoms with E-state index < -0.39 is 24.2 Å². The van der Waals surface area contributed by atoms with Crippen LogP contribution < -0.4 is 10.1 Å². The molecule has 35 heavy (non-hydrogen) atoms. The monoisotopic (exact) mass is 503 g/mol. The lowest BCUT2D eigenvalue weighted by Crippen LogP contribution is -2.51. The van der Waals surface area contributed by atoms with Crippen LogP contribution in [0.25, 0.3) is 0 Å². The third-order valence-corrected chi connectivity index (χ3v) is 6.41. The van der Waals surface area contributed by atoms with Gasteiger partial charge in [-0.25, -0.2) is 4.79 Å². The van der Waals surface area contributed by atoms with Crippen molar-refractivity contribution in [3.05, 3.63) is 64.2 Å². The van der Waals surface area contributed by atoms with Crippen molar-refractivity contribution in [3.8, 4) is 5.75 Å². The van der Waals surface area contributed by atoms with Gasteiger partial charge in [-0.3, -0.25) is 4.79 Å². The van der Waals surface area contributed by atoms with Gasteiger partial charge in [-0.15, -0.1) is 0 Å². The number of aliphatic carboxylic acids is 1. The number of carbonyl (C=O) groups excluding carboxylic acids is 1. The van der Waals surface area contributed by atoms with E-state index in [0.717, 1.165) is 16.7 Å². The molecule has 0 unspecified atom stereocenters. The highest BCUT2D eigenvalue weighted by molar-refractivity contribution is 6.30. The van der Waals surface area contributed by atoms with E-state index >= 15 is 0 Å². The van der Waals surface area contributed by atoms with E-state index in [1.54, 1.807) is 12.1 Å². The lowest BCUT2D eigenvalue weighted by molar-refractivity contribution is -0.139. The van der Waals surface area contributed by atoms with Crippen LogP contribution in [0, 0.1) is 0 Å².